The molecule has 1 aromatic heterocycles. The molecule has 6 nitrogen and oxygen atoms in total. The van der Waals surface area contributed by atoms with Gasteiger partial charge in [-0.2, -0.15) is 4.98 Å². The van der Waals surface area contributed by atoms with Crippen molar-refractivity contribution in [3.05, 3.63) is 11.8 Å². The first-order valence-corrected chi connectivity index (χ1v) is 7.30. The van der Waals surface area contributed by atoms with Crippen molar-refractivity contribution < 1.29 is 4.74 Å². The topological polar surface area (TPSA) is 53.5 Å². The van der Waals surface area contributed by atoms with E-state index in [-0.39, 0.29) is 0 Å². The highest BCUT2D eigenvalue weighted by Gasteiger charge is 2.13. The van der Waals surface area contributed by atoms with Gasteiger partial charge >= 0.3 is 0 Å². The monoisotopic (exact) mass is 279 g/mol. The normalized spacial score (nSPS) is 17.1. The number of nitrogens with zero attached hydrogens (tertiary/aromatic N) is 4. The van der Waals surface area contributed by atoms with Crippen LogP contribution in [0.2, 0.25) is 0 Å². The highest BCUT2D eigenvalue weighted by molar-refractivity contribution is 5.30. The highest BCUT2D eigenvalue weighted by Crippen LogP contribution is 2.11. The van der Waals surface area contributed by atoms with Crippen LogP contribution in [0.4, 0.5) is 5.95 Å². The Labute approximate surface area is 121 Å². The molecule has 1 fully saturated rings. The van der Waals surface area contributed by atoms with Gasteiger partial charge in [-0.25, -0.2) is 4.98 Å². The highest BCUT2D eigenvalue weighted by atomic mass is 16.5. The molecule has 1 saturated heterocycles. The van der Waals surface area contributed by atoms with Gasteiger partial charge in [-0.15, -0.1) is 0 Å². The fourth-order valence-electron chi connectivity index (χ4n) is 2.24. The van der Waals surface area contributed by atoms with Crippen molar-refractivity contribution in [2.24, 2.45) is 0 Å². The van der Waals surface area contributed by atoms with Crippen molar-refractivity contribution in [1.29, 1.82) is 0 Å². The summed E-state index contributed by atoms with van der Waals surface area (Å²) in [6.45, 7) is 11.0. The van der Waals surface area contributed by atoms with Crippen LogP contribution < -0.4 is 10.1 Å². The molecule has 0 saturated carbocycles. The molecule has 1 aliphatic heterocycles. The fraction of sp³-hybridized carbons (Fsp3) is 0.714. The Hall–Kier alpha value is -1.40. The molecule has 2 heterocycles. The van der Waals surface area contributed by atoms with Crippen molar-refractivity contribution in [3.8, 4) is 5.88 Å². The molecular weight excluding hydrogens is 254 g/mol. The van der Waals surface area contributed by atoms with Crippen LogP contribution in [0.5, 0.6) is 5.88 Å². The van der Waals surface area contributed by atoms with Crippen molar-refractivity contribution in [3.63, 3.8) is 0 Å². The predicted octanol–water partition coefficient (Wildman–Crippen LogP) is 0.843. The minimum Gasteiger partial charge on any atom is -0.478 e. The Balaban J connectivity index is 1.78. The number of piperazine rings is 1. The second kappa shape index (κ2) is 7.40. The standard InChI is InChI=1S/C14H25N5O/c1-4-20-13-11-12(2)16-14(17-13)15-5-6-19-9-7-18(3)8-10-19/h11H,4-10H2,1-3H3,(H,15,16,17). The van der Waals surface area contributed by atoms with Crippen molar-refractivity contribution >= 4 is 5.95 Å². The summed E-state index contributed by atoms with van der Waals surface area (Å²) >= 11 is 0. The lowest BCUT2D eigenvalue weighted by molar-refractivity contribution is 0.158. The van der Waals surface area contributed by atoms with Crippen LogP contribution in [-0.4, -0.2) is 72.7 Å². The third-order valence-electron chi connectivity index (χ3n) is 3.43. The Morgan fingerprint density at radius 1 is 1.25 bits per heavy atom. The maximum Gasteiger partial charge on any atom is 0.226 e. The van der Waals surface area contributed by atoms with E-state index < -0.39 is 0 Å². The molecule has 20 heavy (non-hydrogen) atoms. The van der Waals surface area contributed by atoms with Crippen LogP contribution in [0.3, 0.4) is 0 Å². The first-order valence-electron chi connectivity index (χ1n) is 7.30. The van der Waals surface area contributed by atoms with E-state index in [2.05, 4.69) is 32.1 Å². The van der Waals surface area contributed by atoms with Crippen molar-refractivity contribution in [2.45, 2.75) is 13.8 Å². The summed E-state index contributed by atoms with van der Waals surface area (Å²) in [7, 11) is 2.17. The van der Waals surface area contributed by atoms with Crippen LogP contribution in [-0.2, 0) is 0 Å². The quantitative estimate of drug-likeness (QED) is 0.833. The van der Waals surface area contributed by atoms with E-state index in [9.17, 15) is 0 Å². The average Bonchev–Trinajstić information content (AvgIpc) is 2.41. The third kappa shape index (κ3) is 4.61. The molecule has 112 valence electrons. The number of ether oxygens (including phenoxy) is 1. The van der Waals surface area contributed by atoms with E-state index in [1.807, 2.05) is 19.9 Å². The first-order chi connectivity index (χ1) is 9.67. The number of likely N-dealkylation sites (N-methyl/N-ethyl adjacent to an activating group) is 1. The van der Waals surface area contributed by atoms with Crippen LogP contribution in [0.15, 0.2) is 6.07 Å². The van der Waals surface area contributed by atoms with Gasteiger partial charge < -0.3 is 15.0 Å². The molecule has 1 aliphatic rings. The summed E-state index contributed by atoms with van der Waals surface area (Å²) in [6, 6.07) is 1.86. The number of anilines is 1. The number of aryl methyl sites for hydroxylation is 1. The van der Waals surface area contributed by atoms with Gasteiger partial charge in [-0.3, -0.25) is 4.90 Å². The third-order valence-corrected chi connectivity index (χ3v) is 3.43. The van der Waals surface area contributed by atoms with Gasteiger partial charge in [-0.1, -0.05) is 0 Å². The number of rotatable bonds is 6. The molecule has 1 N–H and O–H groups in total. The minimum absolute atomic E-state index is 0.622. The van der Waals surface area contributed by atoms with Crippen molar-refractivity contribution in [2.75, 3.05) is 58.2 Å². The zero-order valence-electron chi connectivity index (χ0n) is 12.7. The molecule has 0 unspecified atom stereocenters. The van der Waals surface area contributed by atoms with Crippen LogP contribution in [0.1, 0.15) is 12.6 Å². The Bertz CT molecular complexity index is 418. The van der Waals surface area contributed by atoms with Gasteiger partial charge in [0.15, 0.2) is 0 Å². The lowest BCUT2D eigenvalue weighted by atomic mass is 10.3. The van der Waals surface area contributed by atoms with Gasteiger partial charge in [0.2, 0.25) is 11.8 Å². The Morgan fingerprint density at radius 3 is 2.70 bits per heavy atom. The summed E-state index contributed by atoms with van der Waals surface area (Å²) in [5.74, 6) is 1.30. The molecule has 0 bridgehead atoms. The molecule has 1 aromatic rings. The molecule has 0 aliphatic carbocycles. The maximum atomic E-state index is 5.43. The smallest absolute Gasteiger partial charge is 0.226 e. The first kappa shape index (κ1) is 15.0. The van der Waals surface area contributed by atoms with Crippen LogP contribution in [0, 0.1) is 6.92 Å². The summed E-state index contributed by atoms with van der Waals surface area (Å²) in [5, 5.41) is 3.29. The Morgan fingerprint density at radius 2 is 2.00 bits per heavy atom. The van der Waals surface area contributed by atoms with Gasteiger partial charge in [0.1, 0.15) is 0 Å². The van der Waals surface area contributed by atoms with Crippen LogP contribution >= 0.6 is 0 Å². The number of hydrogen-bond acceptors (Lipinski definition) is 6. The molecule has 6 heteroatoms. The van der Waals surface area contributed by atoms with Gasteiger partial charge in [0.05, 0.1) is 6.61 Å². The molecule has 0 spiro atoms. The van der Waals surface area contributed by atoms with Crippen LogP contribution in [0.25, 0.3) is 0 Å². The minimum atomic E-state index is 0.622. The second-order valence-corrected chi connectivity index (χ2v) is 5.18. The fourth-order valence-corrected chi connectivity index (χ4v) is 2.24. The van der Waals surface area contributed by atoms with E-state index in [0.29, 0.717) is 18.4 Å². The summed E-state index contributed by atoms with van der Waals surface area (Å²) in [4.78, 5) is 13.6. The van der Waals surface area contributed by atoms with E-state index >= 15 is 0 Å². The Kier molecular flexibility index (Phi) is 5.55. The van der Waals surface area contributed by atoms with E-state index in [1.165, 1.54) is 0 Å². The molecular formula is C14H25N5O. The van der Waals surface area contributed by atoms with Crippen molar-refractivity contribution in [1.82, 2.24) is 19.8 Å². The van der Waals surface area contributed by atoms with E-state index in [4.69, 9.17) is 4.74 Å². The van der Waals surface area contributed by atoms with E-state index in [1.54, 1.807) is 0 Å². The zero-order valence-corrected chi connectivity index (χ0v) is 12.7. The van der Waals surface area contributed by atoms with Gasteiger partial charge in [0.25, 0.3) is 0 Å². The summed E-state index contributed by atoms with van der Waals surface area (Å²) < 4.78 is 5.43. The largest absolute Gasteiger partial charge is 0.478 e. The average molecular weight is 279 g/mol. The second-order valence-electron chi connectivity index (χ2n) is 5.18. The SMILES string of the molecule is CCOc1cc(C)nc(NCCN2CCN(C)CC2)n1. The molecule has 0 amide bonds. The summed E-state index contributed by atoms with van der Waals surface area (Å²) in [6.07, 6.45) is 0. The maximum absolute atomic E-state index is 5.43. The molecule has 0 radical (unpaired) electrons. The van der Waals surface area contributed by atoms with E-state index in [0.717, 1.165) is 45.0 Å². The number of aromatic nitrogens is 2. The molecule has 0 atom stereocenters. The number of nitrogens with one attached hydrogen (secondary N) is 1. The zero-order chi connectivity index (χ0) is 14.4. The van der Waals surface area contributed by atoms with Gasteiger partial charge in [0, 0.05) is 51.0 Å². The lowest BCUT2D eigenvalue weighted by Crippen LogP contribution is -2.45. The lowest BCUT2D eigenvalue weighted by Gasteiger charge is -2.32. The molecule has 2 rings (SSSR count). The number of hydrogen-bond donors (Lipinski definition) is 1. The van der Waals surface area contributed by atoms with Gasteiger partial charge in [-0.05, 0) is 20.9 Å². The predicted molar refractivity (Wildman–Crippen MR) is 80.4 cm³/mol. The molecule has 0 aromatic carbocycles. The summed E-state index contributed by atoms with van der Waals surface area (Å²) in [5.41, 5.74) is 0.922.